The second kappa shape index (κ2) is 13.0. The number of urea groups is 1. The van der Waals surface area contributed by atoms with Gasteiger partial charge in [-0.3, -0.25) is 14.2 Å². The Hall–Kier alpha value is -5.27. The van der Waals surface area contributed by atoms with Gasteiger partial charge >= 0.3 is 6.03 Å². The van der Waals surface area contributed by atoms with Crippen molar-refractivity contribution in [1.82, 2.24) is 35.1 Å². The van der Waals surface area contributed by atoms with Crippen LogP contribution in [0, 0.1) is 30.5 Å². The van der Waals surface area contributed by atoms with Gasteiger partial charge in [-0.1, -0.05) is 0 Å². The van der Waals surface area contributed by atoms with Gasteiger partial charge < -0.3 is 30.5 Å². The number of aromatic nitrogens is 4. The molecule has 14 heteroatoms. The molecule has 0 atom stereocenters. The van der Waals surface area contributed by atoms with Gasteiger partial charge in [0.2, 0.25) is 11.8 Å². The summed E-state index contributed by atoms with van der Waals surface area (Å²) in [5.74, 6) is 2.51. The fourth-order valence-electron chi connectivity index (χ4n) is 9.58. The molecule has 4 aromatic rings. The smallest absolute Gasteiger partial charge is 0.317 e. The molecule has 10 rings (SSSR count). The summed E-state index contributed by atoms with van der Waals surface area (Å²) >= 11 is 0. The highest BCUT2D eigenvalue weighted by molar-refractivity contribution is 5.95. The number of amides is 3. The van der Waals surface area contributed by atoms with Gasteiger partial charge in [-0.25, -0.2) is 14.2 Å². The average Bonchev–Trinajstić information content (AvgIpc) is 3.95. The molecule has 3 aromatic heterocycles. The largest absolute Gasteiger partial charge is 0.479 e. The van der Waals surface area contributed by atoms with E-state index in [1.807, 2.05) is 17.0 Å². The summed E-state index contributed by atoms with van der Waals surface area (Å²) in [6.45, 7) is 4.28. The number of halogens is 1. The molecule has 4 bridgehead atoms. The van der Waals surface area contributed by atoms with E-state index in [-0.39, 0.29) is 40.5 Å². The number of piperazine rings is 1. The maximum absolute atomic E-state index is 14.9. The molecule has 3 N–H and O–H groups in total. The molecule has 0 spiro atoms. The Balaban J connectivity index is 0.912. The Morgan fingerprint density at radius 1 is 0.943 bits per heavy atom. The number of hydrogen-bond donors (Lipinski definition) is 3. The van der Waals surface area contributed by atoms with Crippen molar-refractivity contribution in [2.75, 3.05) is 43.5 Å². The van der Waals surface area contributed by atoms with Gasteiger partial charge in [0, 0.05) is 61.0 Å². The number of aryl methyl sites for hydroxylation is 1. The number of pyridine rings is 2. The molecule has 3 amide bonds. The number of fused-ring (bicyclic) bond motifs is 1. The third-order valence-corrected chi connectivity index (χ3v) is 11.9. The summed E-state index contributed by atoms with van der Waals surface area (Å²) in [6.07, 6.45) is 10.8. The van der Waals surface area contributed by atoms with Crippen LogP contribution in [0.4, 0.5) is 26.6 Å². The van der Waals surface area contributed by atoms with Crippen LogP contribution < -0.4 is 31.1 Å². The normalized spacial score (nSPS) is 24.7. The SMILES string of the molecule is COc1nc(N2CCN(C(=O)NC34CC5CC(CC(C5)C3)C4)CC2)ccc1Nc1ncc2c(C)cc(=O)n(-c3cc(F)cc(C(=O)NC4CC4)c3)c2n1. The van der Waals surface area contributed by atoms with E-state index in [2.05, 4.69) is 25.8 Å². The van der Waals surface area contributed by atoms with E-state index in [9.17, 15) is 18.8 Å². The predicted octanol–water partition coefficient (Wildman–Crippen LogP) is 5.07. The fraction of sp³-hybridized carbons (Fsp3) is 0.487. The maximum atomic E-state index is 14.9. The number of methoxy groups -OCH3 is 1. The highest BCUT2D eigenvalue weighted by Gasteiger charge is 2.52. The Labute approximate surface area is 306 Å². The zero-order valence-electron chi connectivity index (χ0n) is 30.0. The number of carbonyl (C=O) groups excluding carboxylic acids is 2. The van der Waals surface area contributed by atoms with Crippen LogP contribution in [0.15, 0.2) is 47.4 Å². The number of anilines is 3. The highest BCUT2D eigenvalue weighted by atomic mass is 19.1. The molecular formula is C39H44FN9O4. The lowest BCUT2D eigenvalue weighted by atomic mass is 9.53. The van der Waals surface area contributed by atoms with Crippen LogP contribution in [0.5, 0.6) is 5.88 Å². The summed E-state index contributed by atoms with van der Waals surface area (Å²) in [7, 11) is 1.53. The number of carbonyl (C=O) groups is 2. The van der Waals surface area contributed by atoms with Gasteiger partial charge in [0.25, 0.3) is 11.5 Å². The van der Waals surface area contributed by atoms with Crippen LogP contribution in [0.2, 0.25) is 0 Å². The lowest BCUT2D eigenvalue weighted by Crippen LogP contribution is -2.63. The first kappa shape index (κ1) is 33.6. The fourth-order valence-corrected chi connectivity index (χ4v) is 9.58. The van der Waals surface area contributed by atoms with Crippen molar-refractivity contribution >= 4 is 40.4 Å². The van der Waals surface area contributed by atoms with Gasteiger partial charge in [0.1, 0.15) is 17.3 Å². The van der Waals surface area contributed by atoms with Gasteiger partial charge in [-0.05, 0) is 112 Å². The third kappa shape index (κ3) is 6.52. The molecule has 0 unspecified atom stereocenters. The maximum Gasteiger partial charge on any atom is 0.317 e. The predicted molar refractivity (Wildman–Crippen MR) is 198 cm³/mol. The molecule has 13 nitrogen and oxygen atoms in total. The van der Waals surface area contributed by atoms with Gasteiger partial charge in [0.05, 0.1) is 12.8 Å². The summed E-state index contributed by atoms with van der Waals surface area (Å²) < 4.78 is 21.8. The molecule has 5 saturated carbocycles. The van der Waals surface area contributed by atoms with Crippen molar-refractivity contribution < 1.29 is 18.7 Å². The van der Waals surface area contributed by atoms with Gasteiger partial charge in [-0.15, -0.1) is 0 Å². The molecule has 6 fully saturated rings. The number of benzene rings is 1. The van der Waals surface area contributed by atoms with E-state index in [0.717, 1.165) is 61.7 Å². The van der Waals surface area contributed by atoms with Crippen molar-refractivity contribution in [1.29, 1.82) is 0 Å². The van der Waals surface area contributed by atoms with E-state index < -0.39 is 17.3 Å². The number of rotatable bonds is 8. The van der Waals surface area contributed by atoms with Crippen LogP contribution in [0.3, 0.4) is 0 Å². The molecule has 5 aliphatic carbocycles. The molecule has 4 heterocycles. The monoisotopic (exact) mass is 721 g/mol. The van der Waals surface area contributed by atoms with E-state index in [1.54, 1.807) is 13.1 Å². The standard InChI is InChI=1S/C39H44FN9O4/c1-22-11-33(50)49(29-16-26(15-27(40)17-29)35(51)42-28-3-4-28)34-30(22)21-41-37(45-34)43-31-5-6-32(44-36(31)53-2)47-7-9-48(10-8-47)38(52)46-39-18-23-12-24(19-39)14-25(13-23)20-39/h5-6,11,15-17,21,23-25,28H,3-4,7-10,12-14,18-20H2,1-2H3,(H,42,51)(H,46,52)(H,41,43,45). The average molecular weight is 722 g/mol. The number of nitrogens with one attached hydrogen (secondary N) is 3. The molecule has 1 saturated heterocycles. The molecule has 1 aliphatic heterocycles. The molecule has 0 radical (unpaired) electrons. The number of hydrogen-bond acceptors (Lipinski definition) is 9. The molecule has 276 valence electrons. The van der Waals surface area contributed by atoms with Crippen molar-refractivity contribution in [3.05, 3.63) is 69.9 Å². The first-order chi connectivity index (χ1) is 25.6. The van der Waals surface area contributed by atoms with Crippen LogP contribution in [-0.4, -0.2) is 81.2 Å². The summed E-state index contributed by atoms with van der Waals surface area (Å²) in [5.41, 5.74) is 1.29. The lowest BCUT2D eigenvalue weighted by molar-refractivity contribution is -0.0157. The van der Waals surface area contributed by atoms with Crippen LogP contribution in [0.25, 0.3) is 16.7 Å². The Kier molecular flexibility index (Phi) is 8.23. The van der Waals surface area contributed by atoms with E-state index >= 15 is 0 Å². The second-order valence-corrected chi connectivity index (χ2v) is 15.8. The molecule has 1 aromatic carbocycles. The van der Waals surface area contributed by atoms with Crippen molar-refractivity contribution in [2.45, 2.75) is 69.9 Å². The Morgan fingerprint density at radius 2 is 1.66 bits per heavy atom. The summed E-state index contributed by atoms with van der Waals surface area (Å²) in [6, 6.07) is 9.18. The number of ether oxygens (including phenoxy) is 1. The molecular weight excluding hydrogens is 677 g/mol. The zero-order valence-corrected chi connectivity index (χ0v) is 30.0. The van der Waals surface area contributed by atoms with E-state index in [1.165, 1.54) is 49.1 Å². The first-order valence-corrected chi connectivity index (χ1v) is 18.8. The summed E-state index contributed by atoms with van der Waals surface area (Å²) in [5, 5.41) is 10.1. The topological polar surface area (TPSA) is 147 Å². The minimum absolute atomic E-state index is 0.0118. The van der Waals surface area contributed by atoms with Crippen LogP contribution in [0.1, 0.15) is 67.3 Å². The molecule has 53 heavy (non-hydrogen) atoms. The lowest BCUT2D eigenvalue weighted by Gasteiger charge is -2.57. The summed E-state index contributed by atoms with van der Waals surface area (Å²) in [4.78, 5) is 57.7. The van der Waals surface area contributed by atoms with Crippen molar-refractivity contribution in [3.63, 3.8) is 0 Å². The van der Waals surface area contributed by atoms with Crippen LogP contribution >= 0.6 is 0 Å². The van der Waals surface area contributed by atoms with Gasteiger partial charge in [-0.2, -0.15) is 9.97 Å². The van der Waals surface area contributed by atoms with Crippen molar-refractivity contribution in [3.8, 4) is 11.6 Å². The Morgan fingerprint density at radius 3 is 2.34 bits per heavy atom. The van der Waals surface area contributed by atoms with Crippen molar-refractivity contribution in [2.24, 2.45) is 17.8 Å². The first-order valence-electron chi connectivity index (χ1n) is 18.8. The zero-order chi connectivity index (χ0) is 36.4. The highest BCUT2D eigenvalue weighted by Crippen LogP contribution is 2.55. The van der Waals surface area contributed by atoms with E-state index in [0.29, 0.717) is 48.7 Å². The second-order valence-electron chi connectivity index (χ2n) is 15.8. The van der Waals surface area contributed by atoms with E-state index in [4.69, 9.17) is 14.7 Å². The molecule has 6 aliphatic rings. The van der Waals surface area contributed by atoms with Crippen LogP contribution in [-0.2, 0) is 0 Å². The van der Waals surface area contributed by atoms with Gasteiger partial charge in [0.15, 0.2) is 5.65 Å². The Bertz CT molecular complexity index is 2140. The quantitative estimate of drug-likeness (QED) is 0.227. The minimum Gasteiger partial charge on any atom is -0.479 e. The third-order valence-electron chi connectivity index (χ3n) is 11.9. The minimum atomic E-state index is -0.644. The number of nitrogens with zero attached hydrogens (tertiary/aromatic N) is 6.